The molecule has 25 heavy (non-hydrogen) atoms. The first-order chi connectivity index (χ1) is 12.2. The molecule has 3 aromatic rings. The highest BCUT2D eigenvalue weighted by molar-refractivity contribution is 5.83. The van der Waals surface area contributed by atoms with Crippen LogP contribution in [0.25, 0.3) is 10.8 Å². The summed E-state index contributed by atoms with van der Waals surface area (Å²) in [5, 5.41) is 5.37. The van der Waals surface area contributed by atoms with Crippen LogP contribution in [0.5, 0.6) is 5.75 Å². The number of hydrogen-bond acceptors (Lipinski definition) is 2. The molecule has 1 atom stereocenters. The van der Waals surface area contributed by atoms with Gasteiger partial charge in [-0.25, -0.2) is 0 Å². The van der Waals surface area contributed by atoms with Gasteiger partial charge in [0, 0.05) is 19.4 Å². The first kappa shape index (κ1) is 17.0. The van der Waals surface area contributed by atoms with Crippen LogP contribution in [0, 0.1) is 0 Å². The zero-order valence-electron chi connectivity index (χ0n) is 14.7. The average molecular weight is 333 g/mol. The topological polar surface area (TPSA) is 38.3 Å². The number of fused-ring (bicyclic) bond motifs is 1. The van der Waals surface area contributed by atoms with E-state index in [1.54, 1.807) is 14.0 Å². The number of carbonyl (C=O) groups excluding carboxylic acids is 1. The molecule has 1 unspecified atom stereocenters. The van der Waals surface area contributed by atoms with E-state index in [0.717, 1.165) is 12.2 Å². The number of ether oxygens (including phenoxy) is 1. The van der Waals surface area contributed by atoms with Crippen LogP contribution in [-0.4, -0.2) is 19.6 Å². The Morgan fingerprint density at radius 1 is 0.960 bits per heavy atom. The number of methoxy groups -OCH3 is 1. The molecule has 0 saturated carbocycles. The van der Waals surface area contributed by atoms with E-state index >= 15 is 0 Å². The SMILES string of the molecule is COc1cccc(C(CCNC(C)=O)c2ccc3ccccc3c2)c1. The molecular weight excluding hydrogens is 310 g/mol. The molecule has 0 spiro atoms. The lowest BCUT2D eigenvalue weighted by Gasteiger charge is -2.19. The molecule has 0 radical (unpaired) electrons. The third kappa shape index (κ3) is 4.18. The molecule has 128 valence electrons. The summed E-state index contributed by atoms with van der Waals surface area (Å²) in [6, 6.07) is 23.1. The Kier molecular flexibility index (Phi) is 5.34. The molecule has 0 aromatic heterocycles. The summed E-state index contributed by atoms with van der Waals surface area (Å²) in [6.07, 6.45) is 0.838. The molecule has 0 fully saturated rings. The van der Waals surface area contributed by atoms with Crippen molar-refractivity contribution in [3.8, 4) is 5.75 Å². The van der Waals surface area contributed by atoms with Crippen molar-refractivity contribution in [2.45, 2.75) is 19.3 Å². The van der Waals surface area contributed by atoms with Crippen LogP contribution >= 0.6 is 0 Å². The lowest BCUT2D eigenvalue weighted by molar-refractivity contribution is -0.118. The van der Waals surface area contributed by atoms with E-state index in [4.69, 9.17) is 4.74 Å². The van der Waals surface area contributed by atoms with Crippen LogP contribution in [0.3, 0.4) is 0 Å². The van der Waals surface area contributed by atoms with E-state index in [2.05, 4.69) is 59.9 Å². The smallest absolute Gasteiger partial charge is 0.216 e. The zero-order chi connectivity index (χ0) is 17.6. The molecule has 3 heteroatoms. The Morgan fingerprint density at radius 2 is 1.72 bits per heavy atom. The molecule has 0 aliphatic heterocycles. The maximum absolute atomic E-state index is 11.2. The summed E-state index contributed by atoms with van der Waals surface area (Å²) < 4.78 is 5.38. The van der Waals surface area contributed by atoms with Crippen molar-refractivity contribution < 1.29 is 9.53 Å². The predicted molar refractivity (Wildman–Crippen MR) is 102 cm³/mol. The van der Waals surface area contributed by atoms with Gasteiger partial charge in [0.1, 0.15) is 5.75 Å². The number of nitrogens with one attached hydrogen (secondary N) is 1. The molecule has 3 aromatic carbocycles. The number of hydrogen-bond donors (Lipinski definition) is 1. The molecule has 0 bridgehead atoms. The zero-order valence-corrected chi connectivity index (χ0v) is 14.7. The minimum Gasteiger partial charge on any atom is -0.497 e. The van der Waals surface area contributed by atoms with Crippen LogP contribution in [-0.2, 0) is 4.79 Å². The van der Waals surface area contributed by atoms with Crippen LogP contribution < -0.4 is 10.1 Å². The van der Waals surface area contributed by atoms with Crippen molar-refractivity contribution >= 4 is 16.7 Å². The monoisotopic (exact) mass is 333 g/mol. The van der Waals surface area contributed by atoms with Crippen molar-refractivity contribution in [1.29, 1.82) is 0 Å². The third-order valence-corrected chi connectivity index (χ3v) is 4.48. The Bertz CT molecular complexity index is 873. The highest BCUT2D eigenvalue weighted by Crippen LogP contribution is 2.31. The Morgan fingerprint density at radius 3 is 2.48 bits per heavy atom. The van der Waals surface area contributed by atoms with E-state index in [0.29, 0.717) is 6.54 Å². The highest BCUT2D eigenvalue weighted by atomic mass is 16.5. The van der Waals surface area contributed by atoms with Crippen LogP contribution in [0.1, 0.15) is 30.4 Å². The van der Waals surface area contributed by atoms with Gasteiger partial charge in [0.05, 0.1) is 7.11 Å². The maximum atomic E-state index is 11.2. The van der Waals surface area contributed by atoms with Crippen molar-refractivity contribution in [2.75, 3.05) is 13.7 Å². The van der Waals surface area contributed by atoms with Crippen molar-refractivity contribution in [2.24, 2.45) is 0 Å². The highest BCUT2D eigenvalue weighted by Gasteiger charge is 2.15. The van der Waals surface area contributed by atoms with E-state index in [1.807, 2.05) is 12.1 Å². The van der Waals surface area contributed by atoms with Gasteiger partial charge in [-0.05, 0) is 40.5 Å². The largest absolute Gasteiger partial charge is 0.497 e. The predicted octanol–water partition coefficient (Wildman–Crippen LogP) is 4.51. The molecular formula is C22H23NO2. The number of benzene rings is 3. The van der Waals surface area contributed by atoms with Gasteiger partial charge in [0.25, 0.3) is 0 Å². The van der Waals surface area contributed by atoms with E-state index in [9.17, 15) is 4.79 Å². The van der Waals surface area contributed by atoms with Gasteiger partial charge in [0.2, 0.25) is 5.91 Å². The van der Waals surface area contributed by atoms with Gasteiger partial charge in [-0.15, -0.1) is 0 Å². The number of carbonyl (C=O) groups is 1. The minimum atomic E-state index is 0.00269. The average Bonchev–Trinajstić information content (AvgIpc) is 2.64. The first-order valence-electron chi connectivity index (χ1n) is 8.54. The molecule has 0 aliphatic rings. The summed E-state index contributed by atoms with van der Waals surface area (Å²) in [6.45, 7) is 2.20. The Balaban J connectivity index is 1.97. The van der Waals surface area contributed by atoms with Crippen LogP contribution in [0.15, 0.2) is 66.7 Å². The maximum Gasteiger partial charge on any atom is 0.216 e. The van der Waals surface area contributed by atoms with Gasteiger partial charge in [-0.2, -0.15) is 0 Å². The van der Waals surface area contributed by atoms with E-state index < -0.39 is 0 Å². The van der Waals surface area contributed by atoms with Crippen molar-refractivity contribution in [1.82, 2.24) is 5.32 Å². The second-order valence-electron chi connectivity index (χ2n) is 6.21. The summed E-state index contributed by atoms with van der Waals surface area (Å²) >= 11 is 0. The van der Waals surface area contributed by atoms with Gasteiger partial charge in [0.15, 0.2) is 0 Å². The fourth-order valence-electron chi connectivity index (χ4n) is 3.20. The standard InChI is InChI=1S/C22H23NO2/c1-16(24)23-13-12-22(19-8-5-9-21(15-19)25-2)20-11-10-17-6-3-4-7-18(17)14-20/h3-11,14-15,22H,12-13H2,1-2H3,(H,23,24). The molecule has 0 aliphatic carbocycles. The van der Waals surface area contributed by atoms with Gasteiger partial charge >= 0.3 is 0 Å². The van der Waals surface area contributed by atoms with E-state index in [-0.39, 0.29) is 11.8 Å². The fourth-order valence-corrected chi connectivity index (χ4v) is 3.20. The third-order valence-electron chi connectivity index (χ3n) is 4.48. The second kappa shape index (κ2) is 7.84. The summed E-state index contributed by atoms with van der Waals surface area (Å²) in [5.74, 6) is 1.05. The van der Waals surface area contributed by atoms with Crippen LogP contribution in [0.4, 0.5) is 0 Å². The van der Waals surface area contributed by atoms with Gasteiger partial charge in [-0.3, -0.25) is 4.79 Å². The lowest BCUT2D eigenvalue weighted by Crippen LogP contribution is -2.22. The fraction of sp³-hybridized carbons (Fsp3) is 0.227. The summed E-state index contributed by atoms with van der Waals surface area (Å²) in [5.41, 5.74) is 2.44. The lowest BCUT2D eigenvalue weighted by atomic mass is 9.87. The quantitative estimate of drug-likeness (QED) is 0.721. The Hall–Kier alpha value is -2.81. The number of amides is 1. The van der Waals surface area contributed by atoms with Crippen molar-refractivity contribution in [3.63, 3.8) is 0 Å². The summed E-state index contributed by atoms with van der Waals surface area (Å²) in [4.78, 5) is 11.2. The van der Waals surface area contributed by atoms with Gasteiger partial charge in [-0.1, -0.05) is 54.6 Å². The second-order valence-corrected chi connectivity index (χ2v) is 6.21. The number of rotatable bonds is 6. The molecule has 1 N–H and O–H groups in total. The van der Waals surface area contributed by atoms with E-state index in [1.165, 1.54) is 21.9 Å². The van der Waals surface area contributed by atoms with Crippen molar-refractivity contribution in [3.05, 3.63) is 77.9 Å². The van der Waals surface area contributed by atoms with Gasteiger partial charge < -0.3 is 10.1 Å². The minimum absolute atomic E-state index is 0.00269. The Labute approximate surface area is 148 Å². The normalized spacial score (nSPS) is 11.9. The molecule has 3 nitrogen and oxygen atoms in total. The molecule has 0 saturated heterocycles. The molecule has 3 rings (SSSR count). The van der Waals surface area contributed by atoms with Crippen LogP contribution in [0.2, 0.25) is 0 Å². The molecule has 0 heterocycles. The summed E-state index contributed by atoms with van der Waals surface area (Å²) in [7, 11) is 1.68. The first-order valence-corrected chi connectivity index (χ1v) is 8.54. The molecule has 1 amide bonds.